The Morgan fingerprint density at radius 2 is 1.78 bits per heavy atom. The van der Waals surface area contributed by atoms with Crippen LogP contribution in [0.25, 0.3) is 0 Å². The molecule has 0 unspecified atom stereocenters. The Kier molecular flexibility index (Phi) is 6.39. The number of hydrogen-bond acceptors (Lipinski definition) is 4. The van der Waals surface area contributed by atoms with Gasteiger partial charge in [0.05, 0.1) is 33.7 Å². The zero-order chi connectivity index (χ0) is 19.4. The van der Waals surface area contributed by atoms with Gasteiger partial charge in [-0.05, 0) is 23.8 Å². The van der Waals surface area contributed by atoms with Crippen LogP contribution in [-0.2, 0) is 21.3 Å². The van der Waals surface area contributed by atoms with E-state index in [9.17, 15) is 13.2 Å². The molecule has 6 nitrogen and oxygen atoms in total. The Labute approximate surface area is 168 Å². The highest BCUT2D eigenvalue weighted by molar-refractivity contribution is 7.89. The van der Waals surface area contributed by atoms with E-state index in [-0.39, 0.29) is 27.0 Å². The van der Waals surface area contributed by atoms with Crippen LogP contribution >= 0.6 is 23.2 Å². The third-order valence-corrected chi connectivity index (χ3v) is 7.01. The van der Waals surface area contributed by atoms with Crippen molar-refractivity contribution in [1.29, 1.82) is 0 Å². The molecule has 1 amide bonds. The molecule has 2 aromatic carbocycles. The number of hydrogen-bond donors (Lipinski definition) is 1. The molecule has 0 bridgehead atoms. The summed E-state index contributed by atoms with van der Waals surface area (Å²) < 4.78 is 32.5. The lowest BCUT2D eigenvalue weighted by molar-refractivity contribution is 0.0730. The van der Waals surface area contributed by atoms with Crippen LogP contribution in [0.1, 0.15) is 15.9 Å². The molecule has 0 spiro atoms. The largest absolute Gasteiger partial charge is 0.379 e. The van der Waals surface area contributed by atoms with Gasteiger partial charge in [-0.25, -0.2) is 8.42 Å². The van der Waals surface area contributed by atoms with E-state index < -0.39 is 15.9 Å². The smallest absolute Gasteiger partial charge is 0.253 e. The van der Waals surface area contributed by atoms with E-state index in [0.717, 1.165) is 0 Å². The highest BCUT2D eigenvalue weighted by Crippen LogP contribution is 2.26. The second-order valence-corrected chi connectivity index (χ2v) is 8.60. The van der Waals surface area contributed by atoms with E-state index in [1.807, 2.05) is 0 Å². The van der Waals surface area contributed by atoms with E-state index in [1.54, 1.807) is 42.5 Å². The van der Waals surface area contributed by atoms with Gasteiger partial charge >= 0.3 is 0 Å². The van der Waals surface area contributed by atoms with Crippen LogP contribution in [0.4, 0.5) is 0 Å². The third kappa shape index (κ3) is 4.44. The summed E-state index contributed by atoms with van der Waals surface area (Å²) in [6.45, 7) is 1.39. The SMILES string of the molecule is O=C(NCc1ccccc1S(=O)(=O)N1CCOCC1)c1cccc(Cl)c1Cl. The third-order valence-electron chi connectivity index (χ3n) is 4.20. The van der Waals surface area contributed by atoms with E-state index in [2.05, 4.69) is 5.32 Å². The maximum Gasteiger partial charge on any atom is 0.253 e. The van der Waals surface area contributed by atoms with Crippen molar-refractivity contribution >= 4 is 39.1 Å². The van der Waals surface area contributed by atoms with Crippen LogP contribution in [0.5, 0.6) is 0 Å². The van der Waals surface area contributed by atoms with Gasteiger partial charge in [0.15, 0.2) is 0 Å². The molecule has 1 aliphatic rings. The molecule has 1 fully saturated rings. The van der Waals surface area contributed by atoms with E-state index in [1.165, 1.54) is 4.31 Å². The molecule has 9 heteroatoms. The predicted octanol–water partition coefficient (Wildman–Crippen LogP) is 2.94. The fourth-order valence-electron chi connectivity index (χ4n) is 2.78. The maximum absolute atomic E-state index is 12.9. The van der Waals surface area contributed by atoms with Gasteiger partial charge in [0.2, 0.25) is 10.0 Å². The summed E-state index contributed by atoms with van der Waals surface area (Å²) in [7, 11) is -3.67. The Morgan fingerprint density at radius 1 is 1.07 bits per heavy atom. The van der Waals surface area contributed by atoms with Crippen molar-refractivity contribution in [2.75, 3.05) is 26.3 Å². The lowest BCUT2D eigenvalue weighted by atomic mass is 10.2. The molecule has 3 rings (SSSR count). The average Bonchev–Trinajstić information content (AvgIpc) is 2.69. The zero-order valence-electron chi connectivity index (χ0n) is 14.3. The molecule has 0 saturated carbocycles. The standard InChI is InChI=1S/C18H18Cl2N2O4S/c19-15-6-3-5-14(17(15)20)18(23)21-12-13-4-1-2-7-16(13)27(24,25)22-8-10-26-11-9-22/h1-7H,8-12H2,(H,21,23). The first-order valence-corrected chi connectivity index (χ1v) is 10.5. The predicted molar refractivity (Wildman–Crippen MR) is 104 cm³/mol. The lowest BCUT2D eigenvalue weighted by Gasteiger charge is -2.27. The van der Waals surface area contributed by atoms with Crippen molar-refractivity contribution in [1.82, 2.24) is 9.62 Å². The molecule has 0 atom stereocenters. The van der Waals surface area contributed by atoms with Crippen molar-refractivity contribution in [2.24, 2.45) is 0 Å². The van der Waals surface area contributed by atoms with Crippen LogP contribution in [0.2, 0.25) is 10.0 Å². The summed E-state index contributed by atoms with van der Waals surface area (Å²) in [6.07, 6.45) is 0. The van der Waals surface area contributed by atoms with Crippen LogP contribution in [-0.4, -0.2) is 44.9 Å². The summed E-state index contributed by atoms with van der Waals surface area (Å²) in [5.41, 5.74) is 0.730. The molecule has 0 aromatic heterocycles. The quantitative estimate of drug-likeness (QED) is 0.793. The van der Waals surface area contributed by atoms with Crippen LogP contribution in [0.15, 0.2) is 47.4 Å². The van der Waals surface area contributed by atoms with Crippen molar-refractivity contribution in [3.8, 4) is 0 Å². The van der Waals surface area contributed by atoms with Crippen LogP contribution in [0, 0.1) is 0 Å². The molecule has 1 saturated heterocycles. The molecule has 0 aliphatic carbocycles. The number of benzene rings is 2. The topological polar surface area (TPSA) is 75.7 Å². The average molecular weight is 429 g/mol. The number of carbonyl (C=O) groups excluding carboxylic acids is 1. The van der Waals surface area contributed by atoms with Crippen molar-refractivity contribution < 1.29 is 17.9 Å². The molecule has 2 aromatic rings. The summed E-state index contributed by atoms with van der Waals surface area (Å²) in [4.78, 5) is 12.6. The minimum absolute atomic E-state index is 0.0431. The molecule has 144 valence electrons. The first-order valence-electron chi connectivity index (χ1n) is 8.29. The van der Waals surface area contributed by atoms with Crippen molar-refractivity contribution in [3.05, 3.63) is 63.6 Å². The minimum Gasteiger partial charge on any atom is -0.379 e. The normalized spacial score (nSPS) is 15.5. The molecule has 1 aliphatic heterocycles. The van der Waals surface area contributed by atoms with Gasteiger partial charge in [0, 0.05) is 19.6 Å². The second kappa shape index (κ2) is 8.58. The number of amides is 1. The summed E-state index contributed by atoms with van der Waals surface area (Å²) >= 11 is 12.0. The van der Waals surface area contributed by atoms with Gasteiger partial charge in [0.1, 0.15) is 0 Å². The second-order valence-electron chi connectivity index (χ2n) is 5.91. The fourth-order valence-corrected chi connectivity index (χ4v) is 4.79. The number of ether oxygens (including phenoxy) is 1. The van der Waals surface area contributed by atoms with Gasteiger partial charge < -0.3 is 10.1 Å². The Hall–Kier alpha value is -1.64. The van der Waals surface area contributed by atoms with Crippen molar-refractivity contribution in [2.45, 2.75) is 11.4 Å². The lowest BCUT2D eigenvalue weighted by Crippen LogP contribution is -2.41. The number of halogens is 2. The van der Waals surface area contributed by atoms with E-state index in [4.69, 9.17) is 27.9 Å². The number of sulfonamides is 1. The van der Waals surface area contributed by atoms with Gasteiger partial charge in [-0.15, -0.1) is 0 Å². The number of nitrogens with one attached hydrogen (secondary N) is 1. The number of carbonyl (C=O) groups is 1. The Bertz CT molecular complexity index is 944. The highest BCUT2D eigenvalue weighted by Gasteiger charge is 2.28. The van der Waals surface area contributed by atoms with Crippen LogP contribution < -0.4 is 5.32 Å². The summed E-state index contributed by atoms with van der Waals surface area (Å²) in [6, 6.07) is 11.4. The Balaban J connectivity index is 1.80. The van der Waals surface area contributed by atoms with E-state index >= 15 is 0 Å². The Morgan fingerprint density at radius 3 is 2.52 bits per heavy atom. The minimum atomic E-state index is -3.67. The molecule has 0 radical (unpaired) electrons. The summed E-state index contributed by atoms with van der Waals surface area (Å²) in [5, 5.41) is 3.14. The van der Waals surface area contributed by atoms with Gasteiger partial charge in [-0.1, -0.05) is 47.5 Å². The van der Waals surface area contributed by atoms with Gasteiger partial charge in [-0.2, -0.15) is 4.31 Å². The summed E-state index contributed by atoms with van der Waals surface area (Å²) in [5.74, 6) is -0.430. The molecule has 1 heterocycles. The zero-order valence-corrected chi connectivity index (χ0v) is 16.6. The van der Waals surface area contributed by atoms with Crippen LogP contribution in [0.3, 0.4) is 0 Å². The van der Waals surface area contributed by atoms with E-state index in [0.29, 0.717) is 31.9 Å². The maximum atomic E-state index is 12.9. The van der Waals surface area contributed by atoms with Gasteiger partial charge in [0.25, 0.3) is 5.91 Å². The molecule has 1 N–H and O–H groups in total. The van der Waals surface area contributed by atoms with Crippen molar-refractivity contribution in [3.63, 3.8) is 0 Å². The number of rotatable bonds is 5. The highest BCUT2D eigenvalue weighted by atomic mass is 35.5. The number of morpholine rings is 1. The van der Waals surface area contributed by atoms with Gasteiger partial charge in [-0.3, -0.25) is 4.79 Å². The number of nitrogens with zero attached hydrogens (tertiary/aromatic N) is 1. The molecular formula is C18H18Cl2N2O4S. The fraction of sp³-hybridized carbons (Fsp3) is 0.278. The first kappa shape index (κ1) is 20.1. The molecule has 27 heavy (non-hydrogen) atoms. The first-order chi connectivity index (χ1) is 12.9. The monoisotopic (exact) mass is 428 g/mol. The molecular weight excluding hydrogens is 411 g/mol.